The van der Waals surface area contributed by atoms with Crippen molar-refractivity contribution in [3.05, 3.63) is 59.9 Å². The molecule has 0 bridgehead atoms. The predicted octanol–water partition coefficient (Wildman–Crippen LogP) is 2.74. The van der Waals surface area contributed by atoms with Gasteiger partial charge >= 0.3 is 0 Å². The van der Waals surface area contributed by atoms with Crippen LogP contribution < -0.4 is 0 Å². The van der Waals surface area contributed by atoms with Crippen LogP contribution in [0.1, 0.15) is 35.8 Å². The van der Waals surface area contributed by atoms with E-state index in [1.54, 1.807) is 20.9 Å². The van der Waals surface area contributed by atoms with E-state index in [0.29, 0.717) is 25.1 Å². The van der Waals surface area contributed by atoms with Crippen LogP contribution >= 0.6 is 0 Å². The second-order valence-corrected chi connectivity index (χ2v) is 5.96. The first kappa shape index (κ1) is 17.0. The van der Waals surface area contributed by atoms with E-state index < -0.39 is 0 Å². The van der Waals surface area contributed by atoms with Gasteiger partial charge in [0.2, 0.25) is 5.91 Å². The van der Waals surface area contributed by atoms with Gasteiger partial charge in [-0.25, -0.2) is 9.69 Å². The van der Waals surface area contributed by atoms with Crippen LogP contribution in [0, 0.1) is 6.92 Å². The molecule has 130 valence electrons. The van der Waals surface area contributed by atoms with Crippen LogP contribution in [-0.4, -0.2) is 44.7 Å². The highest BCUT2D eigenvalue weighted by atomic mass is 16.2. The van der Waals surface area contributed by atoms with Crippen molar-refractivity contribution in [3.63, 3.8) is 0 Å². The molecule has 1 aromatic carbocycles. The van der Waals surface area contributed by atoms with Crippen molar-refractivity contribution in [2.24, 2.45) is 0 Å². The molecule has 1 aromatic heterocycles. The molecule has 0 atom stereocenters. The molecule has 6 nitrogen and oxygen atoms in total. The number of amides is 2. The monoisotopic (exact) mass is 338 g/mol. The number of para-hydroxylation sites is 1. The van der Waals surface area contributed by atoms with Gasteiger partial charge in [0.15, 0.2) is 0 Å². The van der Waals surface area contributed by atoms with Crippen LogP contribution in [0.25, 0.3) is 5.69 Å². The Kier molecular flexibility index (Phi) is 4.97. The average Bonchev–Trinajstić information content (AvgIpc) is 3.27. The smallest absolute Gasteiger partial charge is 0.273 e. The van der Waals surface area contributed by atoms with Crippen molar-refractivity contribution >= 4 is 11.8 Å². The van der Waals surface area contributed by atoms with E-state index in [2.05, 4.69) is 5.10 Å². The molecule has 1 aliphatic rings. The molecule has 0 N–H and O–H groups in total. The molecule has 1 aliphatic heterocycles. The van der Waals surface area contributed by atoms with Crippen LogP contribution in [-0.2, 0) is 4.79 Å². The number of allylic oxidation sites excluding steroid dienone is 1. The van der Waals surface area contributed by atoms with E-state index in [1.165, 1.54) is 0 Å². The van der Waals surface area contributed by atoms with Crippen molar-refractivity contribution in [2.75, 3.05) is 13.1 Å². The Labute approximate surface area is 147 Å². The third-order valence-electron chi connectivity index (χ3n) is 4.32. The maximum atomic E-state index is 13.0. The molecule has 2 heterocycles. The summed E-state index contributed by atoms with van der Waals surface area (Å²) in [5.74, 6) is -0.233. The first-order chi connectivity index (χ1) is 12.1. The summed E-state index contributed by atoms with van der Waals surface area (Å²) in [6.07, 6.45) is 6.33. The lowest BCUT2D eigenvalue weighted by molar-refractivity contribution is -0.139. The normalized spacial score (nSPS) is 14.5. The van der Waals surface area contributed by atoms with Gasteiger partial charge in [-0.15, -0.1) is 0 Å². The van der Waals surface area contributed by atoms with Gasteiger partial charge < -0.3 is 0 Å². The molecule has 2 amide bonds. The number of carbonyl (C=O) groups is 2. The Bertz CT molecular complexity index is 795. The lowest BCUT2D eigenvalue weighted by Gasteiger charge is -2.27. The molecule has 0 unspecified atom stereocenters. The van der Waals surface area contributed by atoms with E-state index in [1.807, 2.05) is 56.3 Å². The number of hydrogen-bond acceptors (Lipinski definition) is 3. The highest BCUT2D eigenvalue weighted by Gasteiger charge is 2.32. The molecule has 1 fully saturated rings. The molecule has 0 radical (unpaired) electrons. The summed E-state index contributed by atoms with van der Waals surface area (Å²) in [6.45, 7) is 4.88. The van der Waals surface area contributed by atoms with Crippen LogP contribution in [0.15, 0.2) is 48.7 Å². The topological polar surface area (TPSA) is 58.4 Å². The van der Waals surface area contributed by atoms with E-state index in [-0.39, 0.29) is 11.8 Å². The van der Waals surface area contributed by atoms with Crippen molar-refractivity contribution in [1.29, 1.82) is 0 Å². The Morgan fingerprint density at radius 2 is 1.88 bits per heavy atom. The van der Waals surface area contributed by atoms with Gasteiger partial charge in [-0.2, -0.15) is 5.10 Å². The number of nitrogens with zero attached hydrogens (tertiary/aromatic N) is 4. The number of carbonyl (C=O) groups excluding carboxylic acids is 2. The quantitative estimate of drug-likeness (QED) is 0.806. The minimum absolute atomic E-state index is 0.0583. The molecule has 0 spiro atoms. The second-order valence-electron chi connectivity index (χ2n) is 5.96. The van der Waals surface area contributed by atoms with Crippen LogP contribution in [0.2, 0.25) is 0 Å². The van der Waals surface area contributed by atoms with Crippen LogP contribution in [0.3, 0.4) is 0 Å². The number of benzene rings is 1. The SMILES string of the molecule is CC=CCC(=O)N1CCCN1C(=O)c1cnn(-c2ccccc2)c1C. The standard InChI is InChI=1S/C19H22N4O2/c1-3-4-11-18(24)21-12-8-13-22(21)19(25)17-14-20-23(15(17)2)16-9-6-5-7-10-16/h3-7,9-10,14H,8,11-13H2,1-2H3. The average molecular weight is 338 g/mol. The van der Waals surface area contributed by atoms with Gasteiger partial charge in [0.05, 0.1) is 23.1 Å². The third-order valence-corrected chi connectivity index (χ3v) is 4.32. The highest BCUT2D eigenvalue weighted by Crippen LogP contribution is 2.20. The fraction of sp³-hybridized carbons (Fsp3) is 0.316. The van der Waals surface area contributed by atoms with Gasteiger partial charge in [0, 0.05) is 19.5 Å². The maximum Gasteiger partial charge on any atom is 0.275 e. The molecular formula is C19H22N4O2. The second kappa shape index (κ2) is 7.34. The van der Waals surface area contributed by atoms with E-state index in [0.717, 1.165) is 17.8 Å². The molecule has 0 aliphatic carbocycles. The van der Waals surface area contributed by atoms with Crippen LogP contribution in [0.5, 0.6) is 0 Å². The molecule has 2 aromatic rings. The first-order valence-electron chi connectivity index (χ1n) is 8.47. The Morgan fingerprint density at radius 3 is 2.60 bits per heavy atom. The van der Waals surface area contributed by atoms with Gasteiger partial charge in [-0.3, -0.25) is 14.6 Å². The number of hydrogen-bond donors (Lipinski definition) is 0. The minimum Gasteiger partial charge on any atom is -0.273 e. The minimum atomic E-state index is -0.175. The van der Waals surface area contributed by atoms with E-state index in [4.69, 9.17) is 0 Å². The number of rotatable bonds is 4. The van der Waals surface area contributed by atoms with E-state index in [9.17, 15) is 9.59 Å². The fourth-order valence-corrected chi connectivity index (χ4v) is 2.99. The molecule has 6 heteroatoms. The lowest BCUT2D eigenvalue weighted by atomic mass is 10.2. The zero-order valence-corrected chi connectivity index (χ0v) is 14.6. The Hall–Kier alpha value is -2.89. The van der Waals surface area contributed by atoms with Gasteiger partial charge in [0.25, 0.3) is 5.91 Å². The van der Waals surface area contributed by atoms with Gasteiger partial charge in [0.1, 0.15) is 0 Å². The van der Waals surface area contributed by atoms with Crippen molar-refractivity contribution in [1.82, 2.24) is 19.8 Å². The summed E-state index contributed by atoms with van der Waals surface area (Å²) >= 11 is 0. The van der Waals surface area contributed by atoms with Crippen molar-refractivity contribution in [2.45, 2.75) is 26.7 Å². The Balaban J connectivity index is 1.83. The maximum absolute atomic E-state index is 13.0. The molecule has 25 heavy (non-hydrogen) atoms. The lowest BCUT2D eigenvalue weighted by Crippen LogP contribution is -2.44. The summed E-state index contributed by atoms with van der Waals surface area (Å²) in [4.78, 5) is 25.3. The molecule has 0 saturated carbocycles. The summed E-state index contributed by atoms with van der Waals surface area (Å²) in [5, 5.41) is 7.46. The molecule has 1 saturated heterocycles. The summed E-state index contributed by atoms with van der Waals surface area (Å²) in [7, 11) is 0. The molecular weight excluding hydrogens is 316 g/mol. The third kappa shape index (κ3) is 3.33. The predicted molar refractivity (Wildman–Crippen MR) is 95.1 cm³/mol. The zero-order valence-electron chi connectivity index (χ0n) is 14.6. The van der Waals surface area contributed by atoms with Gasteiger partial charge in [-0.1, -0.05) is 30.4 Å². The summed E-state index contributed by atoms with van der Waals surface area (Å²) in [5.41, 5.74) is 2.19. The van der Waals surface area contributed by atoms with Crippen molar-refractivity contribution < 1.29 is 9.59 Å². The zero-order chi connectivity index (χ0) is 17.8. The first-order valence-corrected chi connectivity index (χ1v) is 8.47. The fourth-order valence-electron chi connectivity index (χ4n) is 2.99. The van der Waals surface area contributed by atoms with E-state index >= 15 is 0 Å². The summed E-state index contributed by atoms with van der Waals surface area (Å²) < 4.78 is 1.75. The number of aromatic nitrogens is 2. The largest absolute Gasteiger partial charge is 0.275 e. The molecule has 3 rings (SSSR count). The summed E-state index contributed by atoms with van der Waals surface area (Å²) in [6, 6.07) is 9.68. The number of hydrazine groups is 1. The Morgan fingerprint density at radius 1 is 1.16 bits per heavy atom. The van der Waals surface area contributed by atoms with Crippen molar-refractivity contribution in [3.8, 4) is 5.69 Å². The van der Waals surface area contributed by atoms with Gasteiger partial charge in [-0.05, 0) is 32.4 Å². The highest BCUT2D eigenvalue weighted by molar-refractivity contribution is 5.96. The van der Waals surface area contributed by atoms with Crippen LogP contribution in [0.4, 0.5) is 0 Å².